The lowest BCUT2D eigenvalue weighted by Gasteiger charge is -2.05. The molecule has 0 radical (unpaired) electrons. The van der Waals surface area contributed by atoms with E-state index >= 15 is 0 Å². The molecule has 4 heteroatoms. The lowest BCUT2D eigenvalue weighted by atomic mass is 10.1. The highest BCUT2D eigenvalue weighted by Gasteiger charge is 2.00. The van der Waals surface area contributed by atoms with Crippen molar-refractivity contribution in [1.29, 1.82) is 0 Å². The molecular weight excluding hydrogens is 322 g/mol. The number of allylic oxidation sites excluding steroid dienone is 1. The van der Waals surface area contributed by atoms with Gasteiger partial charge in [-0.3, -0.25) is 4.79 Å². The molecule has 0 spiro atoms. The standard InChI is InChI=1S/C22H27N3O/c1-2-3-6-13-20(16-19-11-7-4-8-12-19)17-24-25-22(26)18-23-21-14-9-5-10-15-21/h4-5,7-12,14-17,23H,2-3,6,13,18H2,1H3,(H,25,26). The number of amides is 1. The second kappa shape index (κ2) is 11.6. The summed E-state index contributed by atoms with van der Waals surface area (Å²) < 4.78 is 0. The van der Waals surface area contributed by atoms with Gasteiger partial charge in [0.2, 0.25) is 0 Å². The zero-order valence-electron chi connectivity index (χ0n) is 15.3. The van der Waals surface area contributed by atoms with Gasteiger partial charge in [-0.15, -0.1) is 0 Å². The van der Waals surface area contributed by atoms with Crippen LogP contribution in [0.2, 0.25) is 0 Å². The molecule has 0 aliphatic rings. The molecule has 0 saturated carbocycles. The molecule has 1 amide bonds. The van der Waals surface area contributed by atoms with E-state index < -0.39 is 0 Å². The summed E-state index contributed by atoms with van der Waals surface area (Å²) in [6.45, 7) is 2.38. The van der Waals surface area contributed by atoms with Gasteiger partial charge in [0.1, 0.15) is 0 Å². The Hall–Kier alpha value is -2.88. The van der Waals surface area contributed by atoms with Crippen LogP contribution in [0.15, 0.2) is 71.3 Å². The number of rotatable bonds is 10. The predicted molar refractivity (Wildman–Crippen MR) is 110 cm³/mol. The number of hydrazone groups is 1. The van der Waals surface area contributed by atoms with Gasteiger partial charge in [-0.25, -0.2) is 5.43 Å². The van der Waals surface area contributed by atoms with E-state index in [1.54, 1.807) is 6.21 Å². The summed E-state index contributed by atoms with van der Waals surface area (Å²) in [6, 6.07) is 19.8. The fraction of sp³-hybridized carbons (Fsp3) is 0.273. The van der Waals surface area contributed by atoms with Crippen molar-refractivity contribution in [3.05, 3.63) is 71.8 Å². The lowest BCUT2D eigenvalue weighted by Crippen LogP contribution is -2.25. The van der Waals surface area contributed by atoms with Crippen LogP contribution in [0.5, 0.6) is 0 Å². The third-order valence-corrected chi connectivity index (χ3v) is 3.87. The van der Waals surface area contributed by atoms with Gasteiger partial charge >= 0.3 is 0 Å². The molecule has 2 aromatic rings. The van der Waals surface area contributed by atoms with Gasteiger partial charge < -0.3 is 5.32 Å². The van der Waals surface area contributed by atoms with Crippen molar-refractivity contribution < 1.29 is 4.79 Å². The Labute approximate surface area is 156 Å². The molecule has 0 bridgehead atoms. The predicted octanol–water partition coefficient (Wildman–Crippen LogP) is 4.86. The highest BCUT2D eigenvalue weighted by molar-refractivity contribution is 5.87. The molecule has 26 heavy (non-hydrogen) atoms. The van der Waals surface area contributed by atoms with Gasteiger partial charge in [0.05, 0.1) is 12.8 Å². The number of nitrogens with one attached hydrogen (secondary N) is 2. The Balaban J connectivity index is 1.87. The van der Waals surface area contributed by atoms with Crippen molar-refractivity contribution in [2.24, 2.45) is 5.10 Å². The average Bonchev–Trinajstić information content (AvgIpc) is 2.68. The molecule has 0 aliphatic carbocycles. The fourth-order valence-corrected chi connectivity index (χ4v) is 2.48. The first-order valence-electron chi connectivity index (χ1n) is 9.14. The number of para-hydroxylation sites is 1. The van der Waals surface area contributed by atoms with E-state index in [0.29, 0.717) is 0 Å². The topological polar surface area (TPSA) is 53.5 Å². The first-order valence-corrected chi connectivity index (χ1v) is 9.14. The third-order valence-electron chi connectivity index (χ3n) is 3.87. The van der Waals surface area contributed by atoms with Crippen LogP contribution >= 0.6 is 0 Å². The summed E-state index contributed by atoms with van der Waals surface area (Å²) in [7, 11) is 0. The minimum Gasteiger partial charge on any atom is -0.376 e. The van der Waals surface area contributed by atoms with Crippen molar-refractivity contribution >= 4 is 23.9 Å². The zero-order valence-corrected chi connectivity index (χ0v) is 15.3. The number of hydrogen-bond donors (Lipinski definition) is 2. The summed E-state index contributed by atoms with van der Waals surface area (Å²) in [6.07, 6.45) is 8.30. The molecule has 0 saturated heterocycles. The van der Waals surface area contributed by atoms with Crippen LogP contribution in [0.1, 0.15) is 38.2 Å². The molecule has 0 aliphatic heterocycles. The number of nitrogens with zero attached hydrogens (tertiary/aromatic N) is 1. The lowest BCUT2D eigenvalue weighted by molar-refractivity contribution is -0.119. The molecule has 0 atom stereocenters. The van der Waals surface area contributed by atoms with Gasteiger partial charge in [0.15, 0.2) is 0 Å². The molecule has 0 heterocycles. The quantitative estimate of drug-likeness (QED) is 0.365. The summed E-state index contributed by atoms with van der Waals surface area (Å²) in [5.74, 6) is -0.169. The molecule has 0 aromatic heterocycles. The molecular formula is C22H27N3O. The molecule has 4 nitrogen and oxygen atoms in total. The maximum atomic E-state index is 11.9. The third kappa shape index (κ3) is 7.79. The number of benzene rings is 2. The van der Waals surface area contributed by atoms with E-state index in [4.69, 9.17) is 0 Å². The molecule has 2 aromatic carbocycles. The molecule has 136 valence electrons. The van der Waals surface area contributed by atoms with E-state index in [9.17, 15) is 4.79 Å². The Bertz CT molecular complexity index is 709. The monoisotopic (exact) mass is 349 g/mol. The van der Waals surface area contributed by atoms with E-state index in [-0.39, 0.29) is 12.5 Å². The minimum atomic E-state index is -0.169. The fourth-order valence-electron chi connectivity index (χ4n) is 2.48. The van der Waals surface area contributed by atoms with Crippen molar-refractivity contribution in [1.82, 2.24) is 5.43 Å². The van der Waals surface area contributed by atoms with Gasteiger partial charge in [-0.05, 0) is 36.1 Å². The summed E-state index contributed by atoms with van der Waals surface area (Å²) in [5, 5.41) is 7.19. The first-order chi connectivity index (χ1) is 12.8. The summed E-state index contributed by atoms with van der Waals surface area (Å²) >= 11 is 0. The number of carbonyl (C=O) groups is 1. The van der Waals surface area contributed by atoms with Crippen LogP contribution in [0.25, 0.3) is 6.08 Å². The smallest absolute Gasteiger partial charge is 0.259 e. The Morgan fingerprint density at radius 2 is 1.69 bits per heavy atom. The van der Waals surface area contributed by atoms with E-state index in [1.165, 1.54) is 12.8 Å². The van der Waals surface area contributed by atoms with Gasteiger partial charge in [0, 0.05) is 5.69 Å². The molecule has 2 N–H and O–H groups in total. The highest BCUT2D eigenvalue weighted by Crippen LogP contribution is 2.12. The van der Waals surface area contributed by atoms with Gasteiger partial charge in [0.25, 0.3) is 5.91 Å². The number of carbonyl (C=O) groups excluding carboxylic acids is 1. The average molecular weight is 349 g/mol. The SMILES string of the molecule is CCCCCC(C=NNC(=O)CNc1ccccc1)=Cc1ccccc1. The molecule has 0 unspecified atom stereocenters. The maximum absolute atomic E-state index is 11.9. The highest BCUT2D eigenvalue weighted by atomic mass is 16.2. The van der Waals surface area contributed by atoms with Crippen LogP contribution in [0.3, 0.4) is 0 Å². The second-order valence-electron chi connectivity index (χ2n) is 6.10. The largest absolute Gasteiger partial charge is 0.376 e. The Morgan fingerprint density at radius 3 is 2.38 bits per heavy atom. The number of unbranched alkanes of at least 4 members (excludes halogenated alkanes) is 2. The Morgan fingerprint density at radius 1 is 1.00 bits per heavy atom. The van der Waals surface area contributed by atoms with E-state index in [1.807, 2.05) is 48.5 Å². The van der Waals surface area contributed by atoms with E-state index in [0.717, 1.165) is 29.7 Å². The van der Waals surface area contributed by atoms with Crippen LogP contribution < -0.4 is 10.7 Å². The number of anilines is 1. The van der Waals surface area contributed by atoms with Crippen molar-refractivity contribution in [3.8, 4) is 0 Å². The van der Waals surface area contributed by atoms with E-state index in [2.05, 4.69) is 41.0 Å². The summed E-state index contributed by atoms with van der Waals surface area (Å²) in [5.41, 5.74) is 5.75. The Kier molecular flexibility index (Phi) is 8.70. The maximum Gasteiger partial charge on any atom is 0.259 e. The van der Waals surface area contributed by atoms with Crippen LogP contribution in [0.4, 0.5) is 5.69 Å². The molecule has 2 rings (SSSR count). The zero-order chi connectivity index (χ0) is 18.5. The second-order valence-corrected chi connectivity index (χ2v) is 6.10. The first kappa shape index (κ1) is 19.4. The van der Waals surface area contributed by atoms with Gasteiger partial charge in [-0.2, -0.15) is 5.10 Å². The summed E-state index contributed by atoms with van der Waals surface area (Å²) in [4.78, 5) is 11.9. The van der Waals surface area contributed by atoms with Crippen LogP contribution in [-0.2, 0) is 4.79 Å². The van der Waals surface area contributed by atoms with Crippen molar-refractivity contribution in [3.63, 3.8) is 0 Å². The van der Waals surface area contributed by atoms with Gasteiger partial charge in [-0.1, -0.05) is 74.4 Å². The van der Waals surface area contributed by atoms with Crippen molar-refractivity contribution in [2.45, 2.75) is 32.6 Å². The van der Waals surface area contributed by atoms with Crippen LogP contribution in [0, 0.1) is 0 Å². The van der Waals surface area contributed by atoms with Crippen molar-refractivity contribution in [2.75, 3.05) is 11.9 Å². The van der Waals surface area contributed by atoms with Crippen LogP contribution in [-0.4, -0.2) is 18.7 Å². The normalized spacial score (nSPS) is 11.5. The number of hydrogen-bond acceptors (Lipinski definition) is 3. The minimum absolute atomic E-state index is 0.169. The molecule has 0 fully saturated rings.